The summed E-state index contributed by atoms with van der Waals surface area (Å²) in [6.07, 6.45) is 2.98. The fourth-order valence-corrected chi connectivity index (χ4v) is 2.26. The van der Waals surface area contributed by atoms with Crippen LogP contribution < -0.4 is 4.90 Å². The van der Waals surface area contributed by atoms with E-state index in [1.807, 2.05) is 7.05 Å². The Kier molecular flexibility index (Phi) is 3.36. The quantitative estimate of drug-likeness (QED) is 0.878. The van der Waals surface area contributed by atoms with Gasteiger partial charge in [0, 0.05) is 19.8 Å². The lowest BCUT2D eigenvalue weighted by atomic mass is 10.3. The fourth-order valence-electron chi connectivity index (χ4n) is 1.93. The molecular formula is C12H17ClN2O. The third-order valence-electron chi connectivity index (χ3n) is 3.21. The van der Waals surface area contributed by atoms with Gasteiger partial charge in [-0.25, -0.2) is 4.98 Å². The number of hydrogen-bond donors (Lipinski definition) is 1. The normalized spacial score (nSPS) is 23.2. The van der Waals surface area contributed by atoms with Gasteiger partial charge in [0.2, 0.25) is 0 Å². The highest BCUT2D eigenvalue weighted by atomic mass is 35.5. The Morgan fingerprint density at radius 3 is 2.81 bits per heavy atom. The summed E-state index contributed by atoms with van der Waals surface area (Å²) in [6, 6.07) is 1.77. The average molecular weight is 241 g/mol. The fraction of sp³-hybridized carbons (Fsp3) is 0.583. The molecule has 1 fully saturated rings. The van der Waals surface area contributed by atoms with Gasteiger partial charge >= 0.3 is 0 Å². The molecule has 0 amide bonds. The Morgan fingerprint density at radius 1 is 1.62 bits per heavy atom. The SMILES string of the molecule is CC1CC1CN(C)c1ncc(CO)cc1Cl. The summed E-state index contributed by atoms with van der Waals surface area (Å²) in [4.78, 5) is 6.38. The van der Waals surface area contributed by atoms with E-state index in [1.165, 1.54) is 6.42 Å². The lowest BCUT2D eigenvalue weighted by molar-refractivity contribution is 0.281. The molecule has 0 aliphatic heterocycles. The molecule has 1 aliphatic rings. The summed E-state index contributed by atoms with van der Waals surface area (Å²) in [7, 11) is 2.01. The molecular weight excluding hydrogens is 224 g/mol. The van der Waals surface area contributed by atoms with Crippen molar-refractivity contribution in [1.29, 1.82) is 0 Å². The first-order valence-corrected chi connectivity index (χ1v) is 5.96. The van der Waals surface area contributed by atoms with Crippen LogP contribution in [0.1, 0.15) is 18.9 Å². The molecule has 3 nitrogen and oxygen atoms in total. The monoisotopic (exact) mass is 240 g/mol. The highest BCUT2D eigenvalue weighted by Crippen LogP contribution is 2.39. The van der Waals surface area contributed by atoms with E-state index in [4.69, 9.17) is 16.7 Å². The van der Waals surface area contributed by atoms with Crippen molar-refractivity contribution in [1.82, 2.24) is 4.98 Å². The Hall–Kier alpha value is -0.800. The van der Waals surface area contributed by atoms with Gasteiger partial charge < -0.3 is 10.0 Å². The van der Waals surface area contributed by atoms with Crippen molar-refractivity contribution >= 4 is 17.4 Å². The first kappa shape index (κ1) is 11.7. The molecule has 1 heterocycles. The van der Waals surface area contributed by atoms with Crippen LogP contribution in [0.5, 0.6) is 0 Å². The molecule has 2 unspecified atom stereocenters. The first-order valence-electron chi connectivity index (χ1n) is 5.58. The molecule has 0 radical (unpaired) electrons. The number of rotatable bonds is 4. The van der Waals surface area contributed by atoms with Gasteiger partial charge in [-0.05, 0) is 29.9 Å². The van der Waals surface area contributed by atoms with E-state index in [0.29, 0.717) is 5.02 Å². The predicted molar refractivity (Wildman–Crippen MR) is 65.7 cm³/mol. The molecule has 0 spiro atoms. The van der Waals surface area contributed by atoms with Crippen molar-refractivity contribution < 1.29 is 5.11 Å². The summed E-state index contributed by atoms with van der Waals surface area (Å²) in [5, 5.41) is 9.58. The van der Waals surface area contributed by atoms with E-state index >= 15 is 0 Å². The molecule has 88 valence electrons. The number of anilines is 1. The third kappa shape index (κ3) is 2.47. The lowest BCUT2D eigenvalue weighted by Crippen LogP contribution is -2.22. The van der Waals surface area contributed by atoms with Crippen molar-refractivity contribution in [3.05, 3.63) is 22.8 Å². The van der Waals surface area contributed by atoms with E-state index in [2.05, 4.69) is 16.8 Å². The summed E-state index contributed by atoms with van der Waals surface area (Å²) < 4.78 is 0. The second-order valence-electron chi connectivity index (χ2n) is 4.66. The molecule has 2 atom stereocenters. The van der Waals surface area contributed by atoms with Crippen molar-refractivity contribution in [2.24, 2.45) is 11.8 Å². The van der Waals surface area contributed by atoms with Gasteiger partial charge in [0.15, 0.2) is 0 Å². The van der Waals surface area contributed by atoms with E-state index in [0.717, 1.165) is 29.8 Å². The number of nitrogens with zero attached hydrogens (tertiary/aromatic N) is 2. The Morgan fingerprint density at radius 2 is 2.31 bits per heavy atom. The zero-order valence-corrected chi connectivity index (χ0v) is 10.4. The topological polar surface area (TPSA) is 36.4 Å². The smallest absolute Gasteiger partial charge is 0.147 e. The van der Waals surface area contributed by atoms with Crippen LogP contribution in [0, 0.1) is 11.8 Å². The molecule has 0 saturated heterocycles. The second-order valence-corrected chi connectivity index (χ2v) is 5.07. The maximum Gasteiger partial charge on any atom is 0.147 e. The summed E-state index contributed by atoms with van der Waals surface area (Å²) in [6.45, 7) is 3.26. The molecule has 1 aromatic rings. The standard InChI is InChI=1S/C12H17ClN2O/c1-8-3-10(8)6-15(2)12-11(13)4-9(7-16)5-14-12/h4-5,8,10,16H,3,6-7H2,1-2H3. The Balaban J connectivity index is 2.07. The summed E-state index contributed by atoms with van der Waals surface area (Å²) >= 11 is 6.13. The molecule has 1 N–H and O–H groups in total. The molecule has 1 aromatic heterocycles. The van der Waals surface area contributed by atoms with Crippen molar-refractivity contribution in [2.75, 3.05) is 18.5 Å². The lowest BCUT2D eigenvalue weighted by Gasteiger charge is -2.19. The van der Waals surface area contributed by atoms with Gasteiger partial charge in [-0.3, -0.25) is 0 Å². The number of aliphatic hydroxyl groups is 1. The number of aromatic nitrogens is 1. The minimum absolute atomic E-state index is 0.0175. The van der Waals surface area contributed by atoms with Crippen LogP contribution in [0.4, 0.5) is 5.82 Å². The van der Waals surface area contributed by atoms with E-state index in [-0.39, 0.29) is 6.61 Å². The van der Waals surface area contributed by atoms with E-state index in [9.17, 15) is 0 Å². The largest absolute Gasteiger partial charge is 0.392 e. The van der Waals surface area contributed by atoms with Gasteiger partial charge in [-0.15, -0.1) is 0 Å². The van der Waals surface area contributed by atoms with Gasteiger partial charge in [0.25, 0.3) is 0 Å². The van der Waals surface area contributed by atoms with E-state index < -0.39 is 0 Å². The molecule has 4 heteroatoms. The predicted octanol–water partition coefficient (Wildman–Crippen LogP) is 2.32. The van der Waals surface area contributed by atoms with E-state index in [1.54, 1.807) is 12.3 Å². The van der Waals surface area contributed by atoms with Gasteiger partial charge in [-0.2, -0.15) is 0 Å². The molecule has 0 bridgehead atoms. The minimum atomic E-state index is -0.0175. The maximum absolute atomic E-state index is 8.97. The van der Waals surface area contributed by atoms with Gasteiger partial charge in [-0.1, -0.05) is 18.5 Å². The van der Waals surface area contributed by atoms with Crippen molar-refractivity contribution in [2.45, 2.75) is 20.0 Å². The third-order valence-corrected chi connectivity index (χ3v) is 3.49. The number of pyridine rings is 1. The van der Waals surface area contributed by atoms with Gasteiger partial charge in [0.05, 0.1) is 11.6 Å². The maximum atomic E-state index is 8.97. The second kappa shape index (κ2) is 4.60. The highest BCUT2D eigenvalue weighted by Gasteiger charge is 2.33. The Bertz CT molecular complexity index is 383. The summed E-state index contributed by atoms with van der Waals surface area (Å²) in [5.41, 5.74) is 0.752. The van der Waals surface area contributed by atoms with Crippen molar-refractivity contribution in [3.63, 3.8) is 0 Å². The van der Waals surface area contributed by atoms with Crippen LogP contribution in [-0.4, -0.2) is 23.7 Å². The van der Waals surface area contributed by atoms with Crippen molar-refractivity contribution in [3.8, 4) is 0 Å². The molecule has 1 saturated carbocycles. The highest BCUT2D eigenvalue weighted by molar-refractivity contribution is 6.33. The number of halogens is 1. The molecule has 1 aliphatic carbocycles. The molecule has 0 aromatic carbocycles. The zero-order valence-electron chi connectivity index (χ0n) is 9.65. The minimum Gasteiger partial charge on any atom is -0.392 e. The number of aliphatic hydroxyl groups excluding tert-OH is 1. The molecule has 2 rings (SSSR count). The Labute approximate surface area is 101 Å². The van der Waals surface area contributed by atoms with Crippen LogP contribution in [0.3, 0.4) is 0 Å². The van der Waals surface area contributed by atoms with Crippen LogP contribution in [0.15, 0.2) is 12.3 Å². The van der Waals surface area contributed by atoms with Crippen LogP contribution >= 0.6 is 11.6 Å². The van der Waals surface area contributed by atoms with Crippen LogP contribution in [0.25, 0.3) is 0 Å². The molecule has 16 heavy (non-hydrogen) atoms. The van der Waals surface area contributed by atoms with Gasteiger partial charge in [0.1, 0.15) is 5.82 Å². The average Bonchev–Trinajstić information content (AvgIpc) is 2.93. The number of hydrogen-bond acceptors (Lipinski definition) is 3. The first-order chi connectivity index (χ1) is 7.61. The van der Waals surface area contributed by atoms with Crippen LogP contribution in [-0.2, 0) is 6.61 Å². The van der Waals surface area contributed by atoms with Crippen LogP contribution in [0.2, 0.25) is 5.02 Å². The zero-order chi connectivity index (χ0) is 11.7. The summed E-state index contributed by atoms with van der Waals surface area (Å²) in [5.74, 6) is 2.41.